The van der Waals surface area contributed by atoms with Crippen molar-refractivity contribution in [3.63, 3.8) is 0 Å². The van der Waals surface area contributed by atoms with E-state index in [1.54, 1.807) is 13.8 Å². The van der Waals surface area contributed by atoms with Crippen molar-refractivity contribution in [1.82, 2.24) is 15.5 Å². The summed E-state index contributed by atoms with van der Waals surface area (Å²) in [5, 5.41) is 5.86. The van der Waals surface area contributed by atoms with Crippen molar-refractivity contribution < 1.29 is 14.4 Å². The summed E-state index contributed by atoms with van der Waals surface area (Å²) in [7, 11) is 0. The average Bonchev–Trinajstić information content (AvgIpc) is 3.24. The Morgan fingerprint density at radius 2 is 1.86 bits per heavy atom. The number of amides is 4. The van der Waals surface area contributed by atoms with Gasteiger partial charge in [-0.2, -0.15) is 0 Å². The zero-order chi connectivity index (χ0) is 19.9. The number of imide groups is 1. The number of rotatable bonds is 4. The summed E-state index contributed by atoms with van der Waals surface area (Å²) in [5.41, 5.74) is 2.23. The fraction of sp³-hybridized carbons (Fsp3) is 0.591. The number of carbonyl (C=O) groups is 3. The van der Waals surface area contributed by atoms with Crippen LogP contribution in [0, 0.1) is 0 Å². The molecule has 28 heavy (non-hydrogen) atoms. The Morgan fingerprint density at radius 1 is 1.14 bits per heavy atom. The molecule has 0 spiro atoms. The molecule has 4 rings (SSSR count). The second-order valence-corrected chi connectivity index (χ2v) is 8.59. The molecule has 2 fully saturated rings. The number of hydrogen-bond acceptors (Lipinski definition) is 3. The maximum absolute atomic E-state index is 13.2. The quantitative estimate of drug-likeness (QED) is 0.785. The number of benzene rings is 1. The lowest BCUT2D eigenvalue weighted by molar-refractivity contribution is -0.138. The Bertz CT molecular complexity index is 815. The van der Waals surface area contributed by atoms with Crippen LogP contribution in [0.1, 0.15) is 69.1 Å². The number of nitrogens with zero attached hydrogens (tertiary/aromatic N) is 1. The van der Waals surface area contributed by atoms with Crippen LogP contribution in [0.5, 0.6) is 0 Å². The molecule has 2 atom stereocenters. The standard InChI is InChI=1S/C22H29N3O3/c1-14(19(26)23-18-9-4-3-5-10-18)25-20(27)22(2,24-21(25)28)17-12-11-15-7-6-8-16(15)13-17/h11-14,18H,3-10H2,1-2H3,(H,23,26)(H,24,28). The van der Waals surface area contributed by atoms with Crippen LogP contribution in [0.4, 0.5) is 4.79 Å². The van der Waals surface area contributed by atoms with Gasteiger partial charge in [-0.25, -0.2) is 9.69 Å². The number of nitrogens with one attached hydrogen (secondary N) is 2. The molecular weight excluding hydrogens is 354 g/mol. The van der Waals surface area contributed by atoms with Crippen LogP contribution in [0.3, 0.4) is 0 Å². The fourth-order valence-electron chi connectivity index (χ4n) is 4.78. The topological polar surface area (TPSA) is 78.5 Å². The Kier molecular flexibility index (Phi) is 4.89. The largest absolute Gasteiger partial charge is 0.352 e. The summed E-state index contributed by atoms with van der Waals surface area (Å²) in [6.45, 7) is 3.36. The molecule has 1 aromatic carbocycles. The zero-order valence-electron chi connectivity index (χ0n) is 16.7. The molecule has 6 nitrogen and oxygen atoms in total. The third-order valence-corrected chi connectivity index (χ3v) is 6.62. The lowest BCUT2D eigenvalue weighted by Crippen LogP contribution is -2.51. The monoisotopic (exact) mass is 383 g/mol. The van der Waals surface area contributed by atoms with Gasteiger partial charge in [0.15, 0.2) is 0 Å². The number of hydrogen-bond donors (Lipinski definition) is 2. The van der Waals surface area contributed by atoms with Crippen molar-refractivity contribution in [2.24, 2.45) is 0 Å². The summed E-state index contributed by atoms with van der Waals surface area (Å²) in [6.07, 6.45) is 8.55. The van der Waals surface area contributed by atoms with Gasteiger partial charge in [-0.3, -0.25) is 9.59 Å². The molecule has 1 saturated carbocycles. The number of urea groups is 1. The van der Waals surface area contributed by atoms with Crippen LogP contribution < -0.4 is 10.6 Å². The van der Waals surface area contributed by atoms with Crippen molar-refractivity contribution in [3.8, 4) is 0 Å². The Labute approximate surface area is 166 Å². The van der Waals surface area contributed by atoms with Gasteiger partial charge in [-0.1, -0.05) is 37.5 Å². The molecule has 1 saturated heterocycles. The summed E-state index contributed by atoms with van der Waals surface area (Å²) < 4.78 is 0. The molecule has 1 aliphatic heterocycles. The summed E-state index contributed by atoms with van der Waals surface area (Å²) in [5.74, 6) is -0.615. The molecule has 1 aromatic rings. The predicted octanol–water partition coefficient (Wildman–Crippen LogP) is 2.78. The lowest BCUT2D eigenvalue weighted by Gasteiger charge is -2.28. The molecule has 0 bridgehead atoms. The molecule has 2 aliphatic carbocycles. The zero-order valence-corrected chi connectivity index (χ0v) is 16.7. The molecule has 4 amide bonds. The molecular formula is C22H29N3O3. The Balaban J connectivity index is 1.52. The number of fused-ring (bicyclic) bond motifs is 1. The summed E-state index contributed by atoms with van der Waals surface area (Å²) in [6, 6.07) is 4.84. The minimum Gasteiger partial charge on any atom is -0.352 e. The minimum atomic E-state index is -1.13. The van der Waals surface area contributed by atoms with E-state index in [0.29, 0.717) is 0 Å². The van der Waals surface area contributed by atoms with Crippen LogP contribution in [0.2, 0.25) is 0 Å². The third kappa shape index (κ3) is 3.19. The number of aryl methyl sites for hydroxylation is 2. The van der Waals surface area contributed by atoms with Gasteiger partial charge in [0.1, 0.15) is 11.6 Å². The van der Waals surface area contributed by atoms with E-state index in [-0.39, 0.29) is 17.9 Å². The van der Waals surface area contributed by atoms with E-state index in [1.807, 2.05) is 12.1 Å². The molecule has 6 heteroatoms. The van der Waals surface area contributed by atoms with Gasteiger partial charge in [-0.05, 0) is 62.6 Å². The second kappa shape index (κ2) is 7.22. The predicted molar refractivity (Wildman–Crippen MR) is 106 cm³/mol. The molecule has 2 N–H and O–H groups in total. The van der Waals surface area contributed by atoms with E-state index in [1.165, 1.54) is 17.5 Å². The van der Waals surface area contributed by atoms with E-state index in [2.05, 4.69) is 16.7 Å². The highest BCUT2D eigenvalue weighted by atomic mass is 16.2. The van der Waals surface area contributed by atoms with Crippen LogP contribution in [-0.4, -0.2) is 34.8 Å². The molecule has 2 unspecified atom stereocenters. The first-order valence-corrected chi connectivity index (χ1v) is 10.5. The highest BCUT2D eigenvalue weighted by Gasteiger charge is 2.52. The van der Waals surface area contributed by atoms with E-state index >= 15 is 0 Å². The third-order valence-electron chi connectivity index (χ3n) is 6.62. The molecule has 0 radical (unpaired) electrons. The van der Waals surface area contributed by atoms with E-state index in [0.717, 1.165) is 55.4 Å². The number of carbonyl (C=O) groups excluding carboxylic acids is 3. The van der Waals surface area contributed by atoms with E-state index < -0.39 is 17.6 Å². The molecule has 0 aromatic heterocycles. The van der Waals surface area contributed by atoms with Crippen LogP contribution in [-0.2, 0) is 28.0 Å². The molecule has 150 valence electrons. The van der Waals surface area contributed by atoms with Crippen molar-refractivity contribution >= 4 is 17.8 Å². The van der Waals surface area contributed by atoms with Gasteiger partial charge in [0, 0.05) is 6.04 Å². The summed E-state index contributed by atoms with van der Waals surface area (Å²) >= 11 is 0. The van der Waals surface area contributed by atoms with Crippen LogP contribution in [0.25, 0.3) is 0 Å². The second-order valence-electron chi connectivity index (χ2n) is 8.59. The van der Waals surface area contributed by atoms with Crippen molar-refractivity contribution in [1.29, 1.82) is 0 Å². The smallest absolute Gasteiger partial charge is 0.326 e. The first kappa shape index (κ1) is 19.0. The molecule has 1 heterocycles. The van der Waals surface area contributed by atoms with Gasteiger partial charge in [-0.15, -0.1) is 0 Å². The van der Waals surface area contributed by atoms with Crippen LogP contribution >= 0.6 is 0 Å². The maximum atomic E-state index is 13.2. The van der Waals surface area contributed by atoms with E-state index in [4.69, 9.17) is 0 Å². The average molecular weight is 383 g/mol. The van der Waals surface area contributed by atoms with Gasteiger partial charge in [0.25, 0.3) is 5.91 Å². The van der Waals surface area contributed by atoms with Gasteiger partial charge >= 0.3 is 6.03 Å². The van der Waals surface area contributed by atoms with Crippen molar-refractivity contribution in [3.05, 3.63) is 34.9 Å². The first-order chi connectivity index (χ1) is 13.4. The fourth-order valence-corrected chi connectivity index (χ4v) is 4.78. The SMILES string of the molecule is CC(C(=O)NC1CCCCC1)N1C(=O)NC(C)(c2ccc3c(c2)CCC3)C1=O. The van der Waals surface area contributed by atoms with Crippen molar-refractivity contribution in [2.75, 3.05) is 0 Å². The maximum Gasteiger partial charge on any atom is 0.326 e. The van der Waals surface area contributed by atoms with Gasteiger partial charge < -0.3 is 10.6 Å². The summed E-state index contributed by atoms with van der Waals surface area (Å²) in [4.78, 5) is 39.7. The lowest BCUT2D eigenvalue weighted by atomic mass is 9.89. The first-order valence-electron chi connectivity index (χ1n) is 10.5. The van der Waals surface area contributed by atoms with Crippen molar-refractivity contribution in [2.45, 2.75) is 82.8 Å². The highest BCUT2D eigenvalue weighted by Crippen LogP contribution is 2.33. The van der Waals surface area contributed by atoms with E-state index in [9.17, 15) is 14.4 Å². The minimum absolute atomic E-state index is 0.146. The van der Waals surface area contributed by atoms with Gasteiger partial charge in [0.05, 0.1) is 0 Å². The Morgan fingerprint density at radius 3 is 2.61 bits per heavy atom. The highest BCUT2D eigenvalue weighted by molar-refractivity contribution is 6.10. The molecule has 3 aliphatic rings. The Hall–Kier alpha value is -2.37. The van der Waals surface area contributed by atoms with Crippen LogP contribution in [0.15, 0.2) is 18.2 Å². The van der Waals surface area contributed by atoms with Gasteiger partial charge in [0.2, 0.25) is 5.91 Å². The normalized spacial score (nSPS) is 26.1.